The first-order chi connectivity index (χ1) is 19.4. The third-order valence-electron chi connectivity index (χ3n) is 7.00. The molecule has 5 rings (SSSR count). The van der Waals surface area contributed by atoms with Crippen LogP contribution in [0.1, 0.15) is 30.0 Å². The summed E-state index contributed by atoms with van der Waals surface area (Å²) in [7, 11) is 0. The minimum atomic E-state index is -0.544. The zero-order valence-electron chi connectivity index (χ0n) is 22.8. The number of piperazine rings is 1. The van der Waals surface area contributed by atoms with Gasteiger partial charge in [-0.25, -0.2) is 9.97 Å². The van der Waals surface area contributed by atoms with E-state index in [4.69, 9.17) is 20.4 Å². The van der Waals surface area contributed by atoms with Crippen molar-refractivity contribution in [1.29, 1.82) is 0 Å². The SMILES string of the molecule is CC(C)[C@H](Nc1nc(CN2CCN(C(=O)c3cccc(Oc4ccccc4)c3)CC2)nc2ccccc12)C(N)=O. The topological polar surface area (TPSA) is 114 Å². The van der Waals surface area contributed by atoms with Crippen LogP contribution in [0.15, 0.2) is 78.9 Å². The number of fused-ring (bicyclic) bond motifs is 1. The number of carbonyl (C=O) groups excluding carboxylic acids is 2. The molecule has 0 bridgehead atoms. The number of benzene rings is 3. The molecule has 2 amide bonds. The van der Waals surface area contributed by atoms with Gasteiger partial charge in [0.2, 0.25) is 5.91 Å². The van der Waals surface area contributed by atoms with E-state index in [2.05, 4.69) is 10.2 Å². The minimum absolute atomic E-state index is 0.00545. The Morgan fingerprint density at radius 2 is 1.60 bits per heavy atom. The van der Waals surface area contributed by atoms with Gasteiger partial charge in [0.1, 0.15) is 29.2 Å². The molecule has 206 valence electrons. The van der Waals surface area contributed by atoms with Crippen molar-refractivity contribution < 1.29 is 14.3 Å². The van der Waals surface area contributed by atoms with Crippen LogP contribution < -0.4 is 15.8 Å². The molecular weight excluding hydrogens is 504 g/mol. The predicted octanol–water partition coefficient (Wildman–Crippen LogP) is 4.30. The van der Waals surface area contributed by atoms with Crippen LogP contribution in [-0.4, -0.2) is 63.8 Å². The lowest BCUT2D eigenvalue weighted by Crippen LogP contribution is -2.48. The Kier molecular flexibility index (Phi) is 8.21. The number of aromatic nitrogens is 2. The van der Waals surface area contributed by atoms with Gasteiger partial charge in [-0.1, -0.05) is 50.2 Å². The average molecular weight is 539 g/mol. The fraction of sp³-hybridized carbons (Fsp3) is 0.290. The Morgan fingerprint density at radius 1 is 0.900 bits per heavy atom. The van der Waals surface area contributed by atoms with Crippen molar-refractivity contribution in [3.63, 3.8) is 0 Å². The molecule has 1 saturated heterocycles. The lowest BCUT2D eigenvalue weighted by atomic mass is 10.0. The molecule has 0 aliphatic carbocycles. The fourth-order valence-electron chi connectivity index (χ4n) is 4.83. The van der Waals surface area contributed by atoms with Gasteiger partial charge in [-0.3, -0.25) is 14.5 Å². The summed E-state index contributed by atoms with van der Waals surface area (Å²) in [6.07, 6.45) is 0. The quantitative estimate of drug-likeness (QED) is 0.327. The van der Waals surface area contributed by atoms with Crippen molar-refractivity contribution >= 4 is 28.5 Å². The van der Waals surface area contributed by atoms with Crippen LogP contribution in [0.25, 0.3) is 10.9 Å². The smallest absolute Gasteiger partial charge is 0.254 e. The minimum Gasteiger partial charge on any atom is -0.457 e. The molecule has 9 heteroatoms. The van der Waals surface area contributed by atoms with Gasteiger partial charge >= 0.3 is 0 Å². The zero-order chi connectivity index (χ0) is 28.1. The van der Waals surface area contributed by atoms with Crippen molar-refractivity contribution in [2.75, 3.05) is 31.5 Å². The number of nitrogens with two attached hydrogens (primary N) is 1. The van der Waals surface area contributed by atoms with Crippen molar-refractivity contribution in [3.8, 4) is 11.5 Å². The number of anilines is 1. The maximum atomic E-state index is 13.3. The van der Waals surface area contributed by atoms with Crippen LogP contribution in [0.2, 0.25) is 0 Å². The molecule has 1 aromatic heterocycles. The van der Waals surface area contributed by atoms with Crippen molar-refractivity contribution in [1.82, 2.24) is 19.8 Å². The van der Waals surface area contributed by atoms with Crippen LogP contribution in [0.4, 0.5) is 5.82 Å². The van der Waals surface area contributed by atoms with Crippen LogP contribution in [0.5, 0.6) is 11.5 Å². The highest BCUT2D eigenvalue weighted by Crippen LogP contribution is 2.24. The van der Waals surface area contributed by atoms with E-state index in [1.54, 1.807) is 6.07 Å². The molecule has 1 fully saturated rings. The van der Waals surface area contributed by atoms with E-state index in [9.17, 15) is 9.59 Å². The molecule has 2 heterocycles. The van der Waals surface area contributed by atoms with E-state index in [-0.39, 0.29) is 11.8 Å². The van der Waals surface area contributed by atoms with E-state index < -0.39 is 11.9 Å². The summed E-state index contributed by atoms with van der Waals surface area (Å²) in [5.74, 6) is 2.18. The number of hydrogen-bond donors (Lipinski definition) is 2. The largest absolute Gasteiger partial charge is 0.457 e. The molecule has 40 heavy (non-hydrogen) atoms. The number of nitrogens with one attached hydrogen (secondary N) is 1. The maximum Gasteiger partial charge on any atom is 0.254 e. The van der Waals surface area contributed by atoms with Crippen LogP contribution in [-0.2, 0) is 11.3 Å². The summed E-state index contributed by atoms with van der Waals surface area (Å²) >= 11 is 0. The summed E-state index contributed by atoms with van der Waals surface area (Å²) in [5, 5.41) is 4.09. The second kappa shape index (κ2) is 12.1. The lowest BCUT2D eigenvalue weighted by Gasteiger charge is -2.34. The highest BCUT2D eigenvalue weighted by Gasteiger charge is 2.25. The Bertz CT molecular complexity index is 1490. The van der Waals surface area contributed by atoms with E-state index in [0.29, 0.717) is 55.7 Å². The number of primary amides is 1. The van der Waals surface area contributed by atoms with Crippen LogP contribution >= 0.6 is 0 Å². The van der Waals surface area contributed by atoms with Crippen LogP contribution in [0.3, 0.4) is 0 Å². The molecule has 3 aromatic carbocycles. The first-order valence-corrected chi connectivity index (χ1v) is 13.5. The van der Waals surface area contributed by atoms with Gasteiger partial charge in [0.05, 0.1) is 12.1 Å². The predicted molar refractivity (Wildman–Crippen MR) is 155 cm³/mol. The summed E-state index contributed by atoms with van der Waals surface area (Å²) in [6, 6.07) is 24.0. The molecule has 1 atom stereocenters. The highest BCUT2D eigenvalue weighted by molar-refractivity contribution is 5.95. The zero-order valence-corrected chi connectivity index (χ0v) is 22.8. The summed E-state index contributed by atoms with van der Waals surface area (Å²) in [4.78, 5) is 38.9. The molecule has 0 spiro atoms. The standard InChI is InChI=1S/C31H34N6O3/c1-21(2)28(29(32)38)35-30-25-13-6-7-14-26(25)33-27(34-30)20-36-15-17-37(18-16-36)31(39)22-9-8-12-24(19-22)40-23-10-4-3-5-11-23/h3-14,19,21,28H,15-18,20H2,1-2H3,(H2,32,38)(H,33,34,35)/t28-/m0/s1. The van der Waals surface area contributed by atoms with Gasteiger partial charge in [0.15, 0.2) is 0 Å². The molecule has 0 saturated carbocycles. The van der Waals surface area contributed by atoms with Gasteiger partial charge in [0, 0.05) is 37.1 Å². The Balaban J connectivity index is 1.24. The van der Waals surface area contributed by atoms with E-state index in [1.165, 1.54) is 0 Å². The molecule has 0 radical (unpaired) electrons. The summed E-state index contributed by atoms with van der Waals surface area (Å²) in [6.45, 7) is 7.00. The molecular formula is C31H34N6O3. The van der Waals surface area contributed by atoms with Gasteiger partial charge in [-0.05, 0) is 48.4 Å². The molecule has 0 unspecified atom stereocenters. The number of rotatable bonds is 9. The summed E-state index contributed by atoms with van der Waals surface area (Å²) < 4.78 is 5.91. The lowest BCUT2D eigenvalue weighted by molar-refractivity contribution is -0.119. The Hall–Kier alpha value is -4.50. The van der Waals surface area contributed by atoms with Crippen molar-refractivity contribution in [3.05, 3.63) is 90.3 Å². The van der Waals surface area contributed by atoms with E-state index in [1.807, 2.05) is 91.5 Å². The summed E-state index contributed by atoms with van der Waals surface area (Å²) in [5.41, 5.74) is 7.05. The number of nitrogens with zero attached hydrogens (tertiary/aromatic N) is 4. The van der Waals surface area contributed by atoms with Crippen LogP contribution in [0, 0.1) is 5.92 Å². The molecule has 4 aromatic rings. The molecule has 1 aliphatic heterocycles. The number of ether oxygens (including phenoxy) is 1. The Labute approximate surface area is 234 Å². The molecule has 3 N–H and O–H groups in total. The number of hydrogen-bond acceptors (Lipinski definition) is 7. The third-order valence-corrected chi connectivity index (χ3v) is 7.00. The second-order valence-corrected chi connectivity index (χ2v) is 10.3. The monoisotopic (exact) mass is 538 g/mol. The maximum absolute atomic E-state index is 13.3. The van der Waals surface area contributed by atoms with E-state index >= 15 is 0 Å². The normalized spacial score (nSPS) is 14.7. The van der Waals surface area contributed by atoms with Gasteiger partial charge in [-0.15, -0.1) is 0 Å². The third kappa shape index (κ3) is 6.38. The second-order valence-electron chi connectivity index (χ2n) is 10.3. The molecule has 9 nitrogen and oxygen atoms in total. The van der Waals surface area contributed by atoms with Crippen molar-refractivity contribution in [2.24, 2.45) is 11.7 Å². The first-order valence-electron chi connectivity index (χ1n) is 13.5. The number of para-hydroxylation sites is 2. The highest BCUT2D eigenvalue weighted by atomic mass is 16.5. The van der Waals surface area contributed by atoms with Crippen molar-refractivity contribution in [2.45, 2.75) is 26.4 Å². The fourth-order valence-corrected chi connectivity index (χ4v) is 4.83. The average Bonchev–Trinajstić information content (AvgIpc) is 2.96. The van der Waals surface area contributed by atoms with Gasteiger partial charge in [0.25, 0.3) is 5.91 Å². The Morgan fingerprint density at radius 3 is 2.33 bits per heavy atom. The molecule has 1 aliphatic rings. The number of amides is 2. The van der Waals surface area contributed by atoms with E-state index in [0.717, 1.165) is 16.7 Å². The number of carbonyl (C=O) groups is 2. The first kappa shape index (κ1) is 27.1. The van der Waals surface area contributed by atoms with Gasteiger partial charge < -0.3 is 20.7 Å². The van der Waals surface area contributed by atoms with Gasteiger partial charge in [-0.2, -0.15) is 0 Å².